The second-order valence-electron chi connectivity index (χ2n) is 5.44. The van der Waals surface area contributed by atoms with Gasteiger partial charge in [0.2, 0.25) is 0 Å². The Bertz CT molecular complexity index is 849. The molecule has 2 nitrogen and oxygen atoms in total. The van der Waals surface area contributed by atoms with Gasteiger partial charge >= 0.3 is 0 Å². The fourth-order valence-corrected chi connectivity index (χ4v) is 2.88. The Morgan fingerprint density at radius 2 is 1.71 bits per heavy atom. The van der Waals surface area contributed by atoms with E-state index in [1.54, 1.807) is 0 Å². The van der Waals surface area contributed by atoms with Gasteiger partial charge in [0.05, 0.1) is 17.3 Å². The molecule has 4 rings (SSSR count). The van der Waals surface area contributed by atoms with Crippen LogP contribution in [-0.2, 0) is 0 Å². The third-order valence-electron chi connectivity index (χ3n) is 4.00. The molecule has 0 spiro atoms. The topological polar surface area (TPSA) is 24.9 Å². The minimum absolute atomic E-state index is 0.258. The molecule has 2 heteroatoms. The van der Waals surface area contributed by atoms with Gasteiger partial charge in [-0.15, -0.1) is 0 Å². The van der Waals surface area contributed by atoms with Gasteiger partial charge in [0.1, 0.15) is 0 Å². The zero-order chi connectivity index (χ0) is 14.2. The van der Waals surface area contributed by atoms with Crippen molar-refractivity contribution >= 4 is 28.2 Å². The molecule has 0 amide bonds. The van der Waals surface area contributed by atoms with Crippen LogP contribution in [0.4, 0.5) is 5.69 Å². The molecule has 0 unspecified atom stereocenters. The Labute approximate surface area is 124 Å². The fourth-order valence-electron chi connectivity index (χ4n) is 2.88. The third-order valence-corrected chi connectivity index (χ3v) is 4.00. The summed E-state index contributed by atoms with van der Waals surface area (Å²) < 4.78 is 0. The molecule has 2 aromatic carbocycles. The Morgan fingerprint density at radius 3 is 2.67 bits per heavy atom. The Kier molecular flexibility index (Phi) is 2.74. The first-order chi connectivity index (χ1) is 10.3. The molecule has 0 radical (unpaired) electrons. The Balaban J connectivity index is 1.86. The standard InChI is InChI=1S/C19H16N2/c1-13-16(12-15-7-3-5-9-18(15)20-13)19-11-10-14-6-2-4-8-17(14)21-19/h2-13,20H,1H3/t13-/m1/s1. The lowest BCUT2D eigenvalue weighted by atomic mass is 9.95. The summed E-state index contributed by atoms with van der Waals surface area (Å²) in [6.45, 7) is 2.18. The lowest BCUT2D eigenvalue weighted by Crippen LogP contribution is -2.21. The maximum atomic E-state index is 4.81. The smallest absolute Gasteiger partial charge is 0.0709 e. The molecule has 0 aliphatic carbocycles. The Morgan fingerprint density at radius 1 is 0.905 bits per heavy atom. The minimum Gasteiger partial charge on any atom is -0.378 e. The van der Waals surface area contributed by atoms with Gasteiger partial charge in [-0.25, -0.2) is 4.98 Å². The van der Waals surface area contributed by atoms with Crippen molar-refractivity contribution in [3.05, 3.63) is 71.9 Å². The van der Waals surface area contributed by atoms with Gasteiger partial charge in [-0.1, -0.05) is 42.5 Å². The molecule has 2 heterocycles. The Hall–Kier alpha value is -2.61. The lowest BCUT2D eigenvalue weighted by Gasteiger charge is -2.25. The monoisotopic (exact) mass is 272 g/mol. The van der Waals surface area contributed by atoms with E-state index >= 15 is 0 Å². The molecule has 0 fully saturated rings. The van der Waals surface area contributed by atoms with Crippen LogP contribution in [0.3, 0.4) is 0 Å². The van der Waals surface area contributed by atoms with E-state index in [-0.39, 0.29) is 6.04 Å². The number of rotatable bonds is 1. The van der Waals surface area contributed by atoms with Crippen LogP contribution in [0.25, 0.3) is 22.6 Å². The van der Waals surface area contributed by atoms with Crippen molar-refractivity contribution in [3.63, 3.8) is 0 Å². The molecule has 102 valence electrons. The molecular formula is C19H16N2. The summed E-state index contributed by atoms with van der Waals surface area (Å²) in [5.74, 6) is 0. The summed E-state index contributed by atoms with van der Waals surface area (Å²) in [7, 11) is 0. The van der Waals surface area contributed by atoms with E-state index in [4.69, 9.17) is 4.98 Å². The molecule has 1 aliphatic heterocycles. The van der Waals surface area contributed by atoms with Crippen LogP contribution >= 0.6 is 0 Å². The first kappa shape index (κ1) is 12.2. The average Bonchev–Trinajstić information content (AvgIpc) is 2.54. The first-order valence-electron chi connectivity index (χ1n) is 7.24. The van der Waals surface area contributed by atoms with E-state index in [9.17, 15) is 0 Å². The third kappa shape index (κ3) is 2.09. The van der Waals surface area contributed by atoms with Crippen molar-refractivity contribution in [3.8, 4) is 0 Å². The van der Waals surface area contributed by atoms with Crippen molar-refractivity contribution in [2.24, 2.45) is 0 Å². The van der Waals surface area contributed by atoms with Crippen molar-refractivity contribution < 1.29 is 0 Å². The van der Waals surface area contributed by atoms with Crippen molar-refractivity contribution in [2.75, 3.05) is 5.32 Å². The molecule has 1 atom stereocenters. The van der Waals surface area contributed by atoms with Gasteiger partial charge in [-0.05, 0) is 36.8 Å². The van der Waals surface area contributed by atoms with Gasteiger partial charge < -0.3 is 5.32 Å². The van der Waals surface area contributed by atoms with Crippen molar-refractivity contribution in [2.45, 2.75) is 13.0 Å². The molecule has 1 aromatic heterocycles. The van der Waals surface area contributed by atoms with Gasteiger partial charge in [-0.3, -0.25) is 0 Å². The van der Waals surface area contributed by atoms with Crippen LogP contribution in [0.5, 0.6) is 0 Å². The number of nitrogens with one attached hydrogen (secondary N) is 1. The van der Waals surface area contributed by atoms with Crippen LogP contribution in [0.1, 0.15) is 18.2 Å². The molecule has 0 saturated heterocycles. The molecule has 1 N–H and O–H groups in total. The highest BCUT2D eigenvalue weighted by Crippen LogP contribution is 2.32. The highest BCUT2D eigenvalue weighted by Gasteiger charge is 2.18. The van der Waals surface area contributed by atoms with E-state index in [2.05, 4.69) is 66.8 Å². The molecule has 0 bridgehead atoms. The van der Waals surface area contributed by atoms with E-state index in [0.717, 1.165) is 11.2 Å². The first-order valence-corrected chi connectivity index (χ1v) is 7.24. The minimum atomic E-state index is 0.258. The summed E-state index contributed by atoms with van der Waals surface area (Å²) in [5.41, 5.74) is 5.74. The summed E-state index contributed by atoms with van der Waals surface area (Å²) in [6.07, 6.45) is 2.24. The number of fused-ring (bicyclic) bond motifs is 2. The molecule has 0 saturated carbocycles. The molecular weight excluding hydrogens is 256 g/mol. The molecule has 1 aliphatic rings. The van der Waals surface area contributed by atoms with Gasteiger partial charge in [0.25, 0.3) is 0 Å². The number of benzene rings is 2. The summed E-state index contributed by atoms with van der Waals surface area (Å²) in [5, 5.41) is 4.73. The van der Waals surface area contributed by atoms with E-state index in [1.807, 2.05) is 12.1 Å². The predicted molar refractivity (Wildman–Crippen MR) is 89.1 cm³/mol. The van der Waals surface area contributed by atoms with E-state index in [0.29, 0.717) is 0 Å². The summed E-state index contributed by atoms with van der Waals surface area (Å²) in [6, 6.07) is 21.1. The molecule has 21 heavy (non-hydrogen) atoms. The highest BCUT2D eigenvalue weighted by atomic mass is 14.9. The number of nitrogens with zero attached hydrogens (tertiary/aromatic N) is 1. The van der Waals surface area contributed by atoms with Gasteiger partial charge in [0.15, 0.2) is 0 Å². The van der Waals surface area contributed by atoms with Crippen LogP contribution < -0.4 is 5.32 Å². The number of para-hydroxylation sites is 2. The largest absolute Gasteiger partial charge is 0.378 e. The second kappa shape index (κ2) is 4.74. The predicted octanol–water partition coefficient (Wildman–Crippen LogP) is 4.59. The lowest BCUT2D eigenvalue weighted by molar-refractivity contribution is 1.00. The van der Waals surface area contributed by atoms with Crippen molar-refractivity contribution in [1.82, 2.24) is 4.98 Å². The zero-order valence-corrected chi connectivity index (χ0v) is 11.9. The molecule has 3 aromatic rings. The number of aromatic nitrogens is 1. The van der Waals surface area contributed by atoms with Gasteiger partial charge in [-0.2, -0.15) is 0 Å². The van der Waals surface area contributed by atoms with Crippen LogP contribution in [-0.4, -0.2) is 11.0 Å². The SMILES string of the molecule is C[C@H]1Nc2ccccc2C=C1c1ccc2ccccc2n1. The second-order valence-corrected chi connectivity index (χ2v) is 5.44. The van der Waals surface area contributed by atoms with E-state index in [1.165, 1.54) is 22.2 Å². The van der Waals surface area contributed by atoms with Crippen LogP contribution in [0, 0.1) is 0 Å². The quantitative estimate of drug-likeness (QED) is 0.701. The summed E-state index contributed by atoms with van der Waals surface area (Å²) in [4.78, 5) is 4.81. The fraction of sp³-hybridized carbons (Fsp3) is 0.105. The highest BCUT2D eigenvalue weighted by molar-refractivity contribution is 5.92. The van der Waals surface area contributed by atoms with Gasteiger partial charge in [0, 0.05) is 16.6 Å². The number of hydrogen-bond acceptors (Lipinski definition) is 2. The number of anilines is 1. The average molecular weight is 272 g/mol. The maximum Gasteiger partial charge on any atom is 0.0709 e. The van der Waals surface area contributed by atoms with Crippen LogP contribution in [0.15, 0.2) is 60.7 Å². The normalized spacial score (nSPS) is 17.0. The summed E-state index contributed by atoms with van der Waals surface area (Å²) >= 11 is 0. The van der Waals surface area contributed by atoms with Crippen LogP contribution in [0.2, 0.25) is 0 Å². The van der Waals surface area contributed by atoms with E-state index < -0.39 is 0 Å². The maximum absolute atomic E-state index is 4.81. The number of hydrogen-bond donors (Lipinski definition) is 1. The number of pyridine rings is 1. The zero-order valence-electron chi connectivity index (χ0n) is 11.9. The van der Waals surface area contributed by atoms with Crippen molar-refractivity contribution in [1.29, 1.82) is 0 Å².